The van der Waals surface area contributed by atoms with Gasteiger partial charge in [0.2, 0.25) is 0 Å². The van der Waals surface area contributed by atoms with Crippen molar-refractivity contribution in [2.24, 2.45) is 4.99 Å². The molecule has 0 aliphatic carbocycles. The van der Waals surface area contributed by atoms with Crippen molar-refractivity contribution in [1.82, 2.24) is 5.32 Å². The van der Waals surface area contributed by atoms with E-state index in [0.29, 0.717) is 15.8 Å². The lowest BCUT2D eigenvalue weighted by molar-refractivity contribution is -0.137. The lowest BCUT2D eigenvalue weighted by Gasteiger charge is -2.10. The van der Waals surface area contributed by atoms with Crippen molar-refractivity contribution in [1.29, 1.82) is 0 Å². The van der Waals surface area contributed by atoms with E-state index in [1.165, 1.54) is 36.4 Å². The molecule has 1 aliphatic heterocycles. The number of thioether (sulfide) groups is 1. The summed E-state index contributed by atoms with van der Waals surface area (Å²) in [5.74, 6) is 0.000248. The van der Waals surface area contributed by atoms with Crippen LogP contribution < -0.4 is 5.32 Å². The minimum Gasteiger partial charge on any atom is -0.457 e. The molecule has 1 aliphatic rings. The zero-order chi connectivity index (χ0) is 20.4. The zero-order valence-corrected chi connectivity index (χ0v) is 15.6. The molecular formula is C21H13F3N2O2S. The molecule has 1 amide bonds. The van der Waals surface area contributed by atoms with Gasteiger partial charge in [-0.25, -0.2) is 4.99 Å². The van der Waals surface area contributed by atoms with Gasteiger partial charge in [0.15, 0.2) is 5.17 Å². The minimum atomic E-state index is -4.49. The van der Waals surface area contributed by atoms with Gasteiger partial charge in [-0.1, -0.05) is 36.4 Å². The average Bonchev–Trinajstić information content (AvgIpc) is 3.29. The lowest BCUT2D eigenvalue weighted by atomic mass is 10.1. The van der Waals surface area contributed by atoms with Gasteiger partial charge in [-0.05, 0) is 42.1 Å². The fourth-order valence-corrected chi connectivity index (χ4v) is 3.57. The van der Waals surface area contributed by atoms with Gasteiger partial charge in [-0.3, -0.25) is 4.79 Å². The van der Waals surface area contributed by atoms with Crippen molar-refractivity contribution in [2.45, 2.75) is 6.18 Å². The number of aliphatic imine (C=N–C) groups is 1. The van der Waals surface area contributed by atoms with Gasteiger partial charge in [0.25, 0.3) is 5.91 Å². The maximum atomic E-state index is 13.2. The molecule has 4 nitrogen and oxygen atoms in total. The maximum Gasteiger partial charge on any atom is 0.417 e. The first-order valence-corrected chi connectivity index (χ1v) is 9.33. The largest absolute Gasteiger partial charge is 0.457 e. The Bertz CT molecular complexity index is 1120. The van der Waals surface area contributed by atoms with Gasteiger partial charge in [0.1, 0.15) is 11.5 Å². The van der Waals surface area contributed by atoms with Crippen LogP contribution in [0, 0.1) is 0 Å². The fourth-order valence-electron chi connectivity index (χ4n) is 2.75. The van der Waals surface area contributed by atoms with Crippen LogP contribution in [0.1, 0.15) is 11.3 Å². The number of amidine groups is 1. The summed E-state index contributed by atoms with van der Waals surface area (Å²) < 4.78 is 45.2. The minimum absolute atomic E-state index is 0.0560. The van der Waals surface area contributed by atoms with Gasteiger partial charge >= 0.3 is 6.18 Å². The van der Waals surface area contributed by atoms with Gasteiger partial charge in [0.05, 0.1) is 16.2 Å². The molecule has 1 N–H and O–H groups in total. The molecule has 4 rings (SSSR count). The van der Waals surface area contributed by atoms with Crippen LogP contribution in [0.5, 0.6) is 0 Å². The summed E-state index contributed by atoms with van der Waals surface area (Å²) >= 11 is 1.13. The molecule has 1 saturated heterocycles. The van der Waals surface area contributed by atoms with Crippen LogP contribution >= 0.6 is 11.8 Å². The van der Waals surface area contributed by atoms with E-state index in [-0.39, 0.29) is 23.0 Å². The SMILES string of the molecule is O=C1NC(=Nc2ccccc2)S/C1=C\c1ccc(-c2ccccc2C(F)(F)F)o1. The summed E-state index contributed by atoms with van der Waals surface area (Å²) in [5.41, 5.74) is -0.140. The number of rotatable bonds is 3. The lowest BCUT2D eigenvalue weighted by Crippen LogP contribution is -2.19. The number of carbonyl (C=O) groups is 1. The number of hydrogen-bond donors (Lipinski definition) is 1. The standard InChI is InChI=1S/C21H13F3N2O2S/c22-21(23,24)16-9-5-4-8-15(16)17-11-10-14(28-17)12-18-19(27)26-20(29-18)25-13-6-2-1-3-7-13/h1-12H,(H,25,26,27)/b18-12-. The van der Waals surface area contributed by atoms with E-state index in [4.69, 9.17) is 4.42 Å². The van der Waals surface area contributed by atoms with E-state index in [1.807, 2.05) is 18.2 Å². The summed E-state index contributed by atoms with van der Waals surface area (Å²) in [6.45, 7) is 0. The summed E-state index contributed by atoms with van der Waals surface area (Å²) in [5, 5.41) is 3.07. The molecule has 146 valence electrons. The van der Waals surface area contributed by atoms with Crippen LogP contribution in [0.15, 0.2) is 81.0 Å². The average molecular weight is 414 g/mol. The monoisotopic (exact) mass is 414 g/mol. The van der Waals surface area contributed by atoms with Crippen molar-refractivity contribution < 1.29 is 22.4 Å². The third-order valence-electron chi connectivity index (χ3n) is 4.04. The van der Waals surface area contributed by atoms with E-state index >= 15 is 0 Å². The highest BCUT2D eigenvalue weighted by atomic mass is 32.2. The molecule has 1 fully saturated rings. The Morgan fingerprint density at radius 3 is 2.45 bits per heavy atom. The van der Waals surface area contributed by atoms with Crippen LogP contribution in [0.4, 0.5) is 18.9 Å². The number of para-hydroxylation sites is 1. The zero-order valence-electron chi connectivity index (χ0n) is 14.7. The summed E-state index contributed by atoms with van der Waals surface area (Å²) in [6.07, 6.45) is -3.01. The van der Waals surface area contributed by atoms with E-state index < -0.39 is 11.7 Å². The summed E-state index contributed by atoms with van der Waals surface area (Å²) in [7, 11) is 0. The molecule has 0 atom stereocenters. The van der Waals surface area contributed by atoms with Gasteiger partial charge in [0, 0.05) is 11.6 Å². The number of furan rings is 1. The van der Waals surface area contributed by atoms with Crippen LogP contribution in [-0.2, 0) is 11.0 Å². The van der Waals surface area contributed by atoms with Crippen molar-refractivity contribution >= 4 is 34.6 Å². The number of halogens is 3. The number of amides is 1. The predicted octanol–water partition coefficient (Wildman–Crippen LogP) is 5.86. The molecule has 2 aromatic carbocycles. The second-order valence-electron chi connectivity index (χ2n) is 6.06. The number of alkyl halides is 3. The molecule has 3 aromatic rings. The van der Waals surface area contributed by atoms with Crippen LogP contribution in [0.25, 0.3) is 17.4 Å². The first kappa shape index (κ1) is 19.1. The Balaban J connectivity index is 1.59. The molecular weight excluding hydrogens is 401 g/mol. The fraction of sp³-hybridized carbons (Fsp3) is 0.0476. The van der Waals surface area contributed by atoms with Crippen molar-refractivity contribution in [2.75, 3.05) is 0 Å². The van der Waals surface area contributed by atoms with Crippen LogP contribution in [0.3, 0.4) is 0 Å². The molecule has 0 radical (unpaired) electrons. The first-order valence-electron chi connectivity index (χ1n) is 8.51. The van der Waals surface area contributed by atoms with Gasteiger partial charge in [-0.2, -0.15) is 13.2 Å². The predicted molar refractivity (Wildman–Crippen MR) is 106 cm³/mol. The third kappa shape index (κ3) is 4.27. The van der Waals surface area contributed by atoms with Gasteiger partial charge < -0.3 is 9.73 Å². The highest BCUT2D eigenvalue weighted by Gasteiger charge is 2.34. The molecule has 0 bridgehead atoms. The second kappa shape index (κ2) is 7.63. The number of carbonyl (C=O) groups excluding carboxylic acids is 1. The van der Waals surface area contributed by atoms with E-state index in [2.05, 4.69) is 10.3 Å². The second-order valence-corrected chi connectivity index (χ2v) is 7.09. The van der Waals surface area contributed by atoms with Crippen molar-refractivity contribution in [3.8, 4) is 11.3 Å². The summed E-state index contributed by atoms with van der Waals surface area (Å²) in [6, 6.07) is 17.3. The van der Waals surface area contributed by atoms with E-state index in [0.717, 1.165) is 17.8 Å². The topological polar surface area (TPSA) is 54.6 Å². The highest BCUT2D eigenvalue weighted by Crippen LogP contribution is 2.38. The molecule has 1 aromatic heterocycles. The van der Waals surface area contributed by atoms with Crippen molar-refractivity contribution in [3.63, 3.8) is 0 Å². The Labute approximate surface area is 168 Å². The van der Waals surface area contributed by atoms with Crippen LogP contribution in [0.2, 0.25) is 0 Å². The summed E-state index contributed by atoms with van der Waals surface area (Å²) in [4.78, 5) is 16.9. The van der Waals surface area contributed by atoms with E-state index in [1.54, 1.807) is 12.1 Å². The molecule has 2 heterocycles. The maximum absolute atomic E-state index is 13.2. The number of hydrogen-bond acceptors (Lipinski definition) is 4. The third-order valence-corrected chi connectivity index (χ3v) is 4.95. The van der Waals surface area contributed by atoms with E-state index in [9.17, 15) is 18.0 Å². The molecule has 0 spiro atoms. The van der Waals surface area contributed by atoms with Crippen molar-refractivity contribution in [3.05, 3.63) is 83.0 Å². The highest BCUT2D eigenvalue weighted by molar-refractivity contribution is 8.18. The van der Waals surface area contributed by atoms with Gasteiger partial charge in [-0.15, -0.1) is 0 Å². The number of nitrogens with one attached hydrogen (secondary N) is 1. The smallest absolute Gasteiger partial charge is 0.417 e. The Kier molecular flexibility index (Phi) is 5.02. The Morgan fingerprint density at radius 2 is 1.69 bits per heavy atom. The van der Waals surface area contributed by atoms with Crippen LogP contribution in [-0.4, -0.2) is 11.1 Å². The molecule has 29 heavy (non-hydrogen) atoms. The molecule has 8 heteroatoms. The number of benzene rings is 2. The number of nitrogens with zero attached hydrogens (tertiary/aromatic N) is 1. The Morgan fingerprint density at radius 1 is 0.966 bits per heavy atom. The molecule has 0 saturated carbocycles. The molecule has 0 unspecified atom stereocenters. The Hall–Kier alpha value is -3.26. The quantitative estimate of drug-likeness (QED) is 0.547. The first-order chi connectivity index (χ1) is 13.9. The normalized spacial score (nSPS) is 17.1.